The maximum Gasteiger partial charge on any atom is 0.123 e. The molecule has 1 aliphatic heterocycles. The van der Waals surface area contributed by atoms with Crippen LogP contribution in [-0.2, 0) is 0 Å². The van der Waals surface area contributed by atoms with Crippen molar-refractivity contribution in [2.45, 2.75) is 6.04 Å². The summed E-state index contributed by atoms with van der Waals surface area (Å²) in [6.45, 7) is 0.990. The van der Waals surface area contributed by atoms with Gasteiger partial charge < -0.3 is 5.32 Å². The summed E-state index contributed by atoms with van der Waals surface area (Å²) < 4.78 is 12.5. The standard InChI is InChI=1S/C8H8FN/c9-7-3-1-2-6(4-7)8-5-10-8/h1-4,8,10H,5H2/t8-/m1/s1. The van der Waals surface area contributed by atoms with Crippen LogP contribution in [0.4, 0.5) is 4.39 Å². The topological polar surface area (TPSA) is 21.9 Å². The van der Waals surface area contributed by atoms with E-state index in [1.165, 1.54) is 6.07 Å². The predicted molar refractivity (Wildman–Crippen MR) is 37.1 cm³/mol. The zero-order valence-electron chi connectivity index (χ0n) is 5.47. The van der Waals surface area contributed by atoms with E-state index in [9.17, 15) is 4.39 Å². The highest BCUT2D eigenvalue weighted by Gasteiger charge is 2.21. The van der Waals surface area contributed by atoms with Crippen molar-refractivity contribution in [1.29, 1.82) is 0 Å². The number of benzene rings is 1. The van der Waals surface area contributed by atoms with Gasteiger partial charge in [0.2, 0.25) is 0 Å². The molecule has 1 nitrogen and oxygen atoms in total. The van der Waals surface area contributed by atoms with Crippen molar-refractivity contribution < 1.29 is 4.39 Å². The van der Waals surface area contributed by atoms with Crippen molar-refractivity contribution in [3.05, 3.63) is 35.6 Å². The Hall–Kier alpha value is -0.890. The van der Waals surface area contributed by atoms with E-state index >= 15 is 0 Å². The van der Waals surface area contributed by atoms with Gasteiger partial charge in [0.25, 0.3) is 0 Å². The molecule has 0 amide bonds. The Morgan fingerprint density at radius 2 is 2.30 bits per heavy atom. The second kappa shape index (κ2) is 2.06. The van der Waals surface area contributed by atoms with Gasteiger partial charge in [-0.2, -0.15) is 0 Å². The molecule has 0 radical (unpaired) electrons. The van der Waals surface area contributed by atoms with Gasteiger partial charge in [-0.05, 0) is 17.7 Å². The third-order valence-corrected chi connectivity index (χ3v) is 1.66. The molecule has 1 saturated heterocycles. The quantitative estimate of drug-likeness (QED) is 0.581. The third kappa shape index (κ3) is 1.02. The first kappa shape index (κ1) is 5.86. The SMILES string of the molecule is Fc1cccc([C@H]2CN2)c1. The zero-order chi connectivity index (χ0) is 6.97. The summed E-state index contributed by atoms with van der Waals surface area (Å²) in [7, 11) is 0. The van der Waals surface area contributed by atoms with Crippen LogP contribution < -0.4 is 5.32 Å². The van der Waals surface area contributed by atoms with Gasteiger partial charge >= 0.3 is 0 Å². The summed E-state index contributed by atoms with van der Waals surface area (Å²) in [6, 6.07) is 7.13. The Labute approximate surface area is 58.9 Å². The van der Waals surface area contributed by atoms with Crippen molar-refractivity contribution in [3.63, 3.8) is 0 Å². The molecule has 0 aliphatic carbocycles. The molecule has 0 aromatic heterocycles. The van der Waals surface area contributed by atoms with Crippen LogP contribution in [0.2, 0.25) is 0 Å². The van der Waals surface area contributed by atoms with Crippen molar-refractivity contribution in [2.75, 3.05) is 6.54 Å². The molecule has 0 bridgehead atoms. The number of nitrogens with one attached hydrogen (secondary N) is 1. The molecule has 1 aromatic rings. The van der Waals surface area contributed by atoms with E-state index < -0.39 is 0 Å². The largest absolute Gasteiger partial charge is 0.307 e. The normalized spacial score (nSPS) is 22.7. The molecule has 2 rings (SSSR count). The average Bonchev–Trinajstić information content (AvgIpc) is 2.68. The highest BCUT2D eigenvalue weighted by Crippen LogP contribution is 2.21. The Morgan fingerprint density at radius 1 is 1.50 bits per heavy atom. The van der Waals surface area contributed by atoms with E-state index in [1.807, 2.05) is 6.07 Å². The minimum atomic E-state index is -0.147. The maximum absolute atomic E-state index is 12.5. The van der Waals surface area contributed by atoms with Gasteiger partial charge in [-0.1, -0.05) is 12.1 Å². The van der Waals surface area contributed by atoms with Crippen LogP contribution >= 0.6 is 0 Å². The fourth-order valence-electron chi connectivity index (χ4n) is 1.02. The number of halogens is 1. The number of hydrogen-bond donors (Lipinski definition) is 1. The molecule has 1 aromatic carbocycles. The minimum Gasteiger partial charge on any atom is -0.307 e. The van der Waals surface area contributed by atoms with E-state index in [0.29, 0.717) is 6.04 Å². The molecule has 1 heterocycles. The molecule has 1 aliphatic rings. The summed E-state index contributed by atoms with van der Waals surface area (Å²) in [5.74, 6) is -0.147. The lowest BCUT2D eigenvalue weighted by atomic mass is 10.2. The van der Waals surface area contributed by atoms with Crippen LogP contribution in [-0.4, -0.2) is 6.54 Å². The molecule has 1 fully saturated rings. The van der Waals surface area contributed by atoms with E-state index in [-0.39, 0.29) is 5.82 Å². The monoisotopic (exact) mass is 137 g/mol. The Bertz CT molecular complexity index is 243. The molecular weight excluding hydrogens is 129 g/mol. The lowest BCUT2D eigenvalue weighted by molar-refractivity contribution is 0.625. The van der Waals surface area contributed by atoms with Crippen molar-refractivity contribution in [2.24, 2.45) is 0 Å². The molecule has 0 saturated carbocycles. The molecule has 0 spiro atoms. The smallest absolute Gasteiger partial charge is 0.123 e. The first-order valence-corrected chi connectivity index (χ1v) is 3.35. The minimum absolute atomic E-state index is 0.147. The second-order valence-corrected chi connectivity index (χ2v) is 2.52. The van der Waals surface area contributed by atoms with Crippen LogP contribution in [0.15, 0.2) is 24.3 Å². The maximum atomic E-state index is 12.5. The Morgan fingerprint density at radius 3 is 2.90 bits per heavy atom. The predicted octanol–water partition coefficient (Wildman–Crippen LogP) is 1.47. The van der Waals surface area contributed by atoms with Crippen LogP contribution in [0.3, 0.4) is 0 Å². The first-order chi connectivity index (χ1) is 4.86. The zero-order valence-corrected chi connectivity index (χ0v) is 5.47. The molecule has 2 heteroatoms. The highest BCUT2D eigenvalue weighted by atomic mass is 19.1. The number of rotatable bonds is 1. The van der Waals surface area contributed by atoms with Crippen molar-refractivity contribution in [1.82, 2.24) is 5.32 Å². The van der Waals surface area contributed by atoms with Crippen LogP contribution in [0.5, 0.6) is 0 Å². The van der Waals surface area contributed by atoms with Gasteiger partial charge in [-0.3, -0.25) is 0 Å². The third-order valence-electron chi connectivity index (χ3n) is 1.66. The molecule has 1 N–H and O–H groups in total. The van der Waals surface area contributed by atoms with Crippen LogP contribution in [0, 0.1) is 5.82 Å². The van der Waals surface area contributed by atoms with Crippen molar-refractivity contribution >= 4 is 0 Å². The van der Waals surface area contributed by atoms with Gasteiger partial charge in [0.1, 0.15) is 5.82 Å². The summed E-state index contributed by atoms with van der Waals surface area (Å²) in [5.41, 5.74) is 1.06. The van der Waals surface area contributed by atoms with Gasteiger partial charge in [0, 0.05) is 12.6 Å². The van der Waals surface area contributed by atoms with Gasteiger partial charge in [-0.25, -0.2) is 4.39 Å². The summed E-state index contributed by atoms with van der Waals surface area (Å²) in [6.07, 6.45) is 0. The molecule has 52 valence electrons. The molecule has 10 heavy (non-hydrogen) atoms. The van der Waals surface area contributed by atoms with Gasteiger partial charge in [-0.15, -0.1) is 0 Å². The second-order valence-electron chi connectivity index (χ2n) is 2.52. The van der Waals surface area contributed by atoms with E-state index in [4.69, 9.17) is 0 Å². The fraction of sp³-hybridized carbons (Fsp3) is 0.250. The van der Waals surface area contributed by atoms with Crippen LogP contribution in [0.25, 0.3) is 0 Å². The Balaban J connectivity index is 2.32. The summed E-state index contributed by atoms with van der Waals surface area (Å²) in [5, 5.41) is 3.11. The van der Waals surface area contributed by atoms with Gasteiger partial charge in [0.15, 0.2) is 0 Å². The summed E-state index contributed by atoms with van der Waals surface area (Å²) in [4.78, 5) is 0. The Kier molecular flexibility index (Phi) is 1.21. The molecule has 1 atom stereocenters. The van der Waals surface area contributed by atoms with E-state index in [0.717, 1.165) is 12.1 Å². The van der Waals surface area contributed by atoms with Crippen LogP contribution in [0.1, 0.15) is 11.6 Å². The summed E-state index contributed by atoms with van der Waals surface area (Å²) >= 11 is 0. The average molecular weight is 137 g/mol. The van der Waals surface area contributed by atoms with Gasteiger partial charge in [0.05, 0.1) is 0 Å². The van der Waals surface area contributed by atoms with E-state index in [1.54, 1.807) is 12.1 Å². The molecule has 0 unspecified atom stereocenters. The lowest BCUT2D eigenvalue weighted by Gasteiger charge is -1.94. The van der Waals surface area contributed by atoms with E-state index in [2.05, 4.69) is 5.32 Å². The first-order valence-electron chi connectivity index (χ1n) is 3.35. The molecular formula is C8H8FN. The lowest BCUT2D eigenvalue weighted by Crippen LogP contribution is -1.84. The highest BCUT2D eigenvalue weighted by molar-refractivity contribution is 5.23. The number of hydrogen-bond acceptors (Lipinski definition) is 1. The van der Waals surface area contributed by atoms with Crippen molar-refractivity contribution in [3.8, 4) is 0 Å². The fourth-order valence-corrected chi connectivity index (χ4v) is 1.02.